The number of nitrogens with zero attached hydrogens (tertiary/aromatic N) is 3. The van der Waals surface area contributed by atoms with E-state index < -0.39 is 41.1 Å². The summed E-state index contributed by atoms with van der Waals surface area (Å²) in [6.07, 6.45) is -3.91. The highest BCUT2D eigenvalue weighted by atomic mass is 19.4. The Balaban J connectivity index is 1.97. The van der Waals surface area contributed by atoms with E-state index in [0.29, 0.717) is 12.6 Å². The highest BCUT2D eigenvalue weighted by Gasteiger charge is 2.32. The summed E-state index contributed by atoms with van der Waals surface area (Å²) in [6.45, 7) is 7.99. The minimum atomic E-state index is -4.66. The number of alkyl carbamates (subject to hydrolysis) is 1. The zero-order chi connectivity index (χ0) is 29.1. The number of ether oxygens (including phenoxy) is 1. The fraction of sp³-hybridized carbons (Fsp3) is 0.480. The van der Waals surface area contributed by atoms with Gasteiger partial charge in [-0.2, -0.15) is 13.2 Å². The van der Waals surface area contributed by atoms with Crippen LogP contribution in [0.3, 0.4) is 0 Å². The summed E-state index contributed by atoms with van der Waals surface area (Å²) < 4.78 is 44.4. The lowest BCUT2D eigenvalue weighted by atomic mass is 9.99. The molecule has 1 aliphatic heterocycles. The van der Waals surface area contributed by atoms with Crippen LogP contribution in [0.15, 0.2) is 18.2 Å². The maximum atomic E-state index is 13.4. The van der Waals surface area contributed by atoms with Crippen LogP contribution in [-0.4, -0.2) is 69.9 Å². The summed E-state index contributed by atoms with van der Waals surface area (Å²) in [5.74, 6) is -2.09. The minimum Gasteiger partial charge on any atom is -0.507 e. The topological polar surface area (TPSA) is 153 Å². The van der Waals surface area contributed by atoms with Gasteiger partial charge in [0, 0.05) is 18.2 Å². The summed E-state index contributed by atoms with van der Waals surface area (Å²) >= 11 is 0. The zero-order valence-electron chi connectivity index (χ0n) is 22.3. The van der Waals surface area contributed by atoms with E-state index in [1.54, 1.807) is 20.8 Å². The summed E-state index contributed by atoms with van der Waals surface area (Å²) in [6, 6.07) is 2.33. The number of amides is 2. The zero-order valence-corrected chi connectivity index (χ0v) is 22.3. The van der Waals surface area contributed by atoms with Crippen molar-refractivity contribution in [2.75, 3.05) is 25.5 Å². The number of carbonyl (C=O) groups is 2. The first-order valence-corrected chi connectivity index (χ1v) is 12.2. The molecule has 2 aromatic rings. The first-order valence-electron chi connectivity index (χ1n) is 12.2. The summed E-state index contributed by atoms with van der Waals surface area (Å²) in [5.41, 5.74) is -1.83. The second-order valence-corrected chi connectivity index (χ2v) is 10.3. The average molecular weight is 552 g/mol. The number of likely N-dealkylation sites (tertiary alicyclic amines) is 1. The molecule has 2 heterocycles. The number of phenols is 1. The summed E-state index contributed by atoms with van der Waals surface area (Å²) in [4.78, 5) is 27.5. The number of hydrogen-bond acceptors (Lipinski definition) is 9. The summed E-state index contributed by atoms with van der Waals surface area (Å²) in [5, 5.41) is 34.2. The van der Waals surface area contributed by atoms with Gasteiger partial charge in [-0.1, -0.05) is 0 Å². The lowest BCUT2D eigenvalue weighted by molar-refractivity contribution is -0.137. The Morgan fingerprint density at radius 3 is 2.46 bits per heavy atom. The number of guanidine groups is 1. The van der Waals surface area contributed by atoms with Crippen LogP contribution in [0, 0.1) is 12.3 Å². The van der Waals surface area contributed by atoms with Gasteiger partial charge in [0.25, 0.3) is 5.91 Å². The average Bonchev–Trinajstić information content (AvgIpc) is 2.77. The van der Waals surface area contributed by atoms with Crippen molar-refractivity contribution < 1.29 is 32.6 Å². The maximum Gasteiger partial charge on any atom is 0.416 e. The van der Waals surface area contributed by atoms with Crippen molar-refractivity contribution >= 4 is 23.8 Å². The Morgan fingerprint density at radius 2 is 1.87 bits per heavy atom. The number of likely N-dealkylation sites (N-methyl/N-ethyl adjacent to an activating group) is 1. The Kier molecular flexibility index (Phi) is 8.68. The van der Waals surface area contributed by atoms with E-state index >= 15 is 0 Å². The predicted octanol–water partition coefficient (Wildman–Crippen LogP) is 3.87. The molecule has 0 radical (unpaired) electrons. The second kappa shape index (κ2) is 11.4. The molecular weight excluding hydrogens is 519 g/mol. The highest BCUT2D eigenvalue weighted by molar-refractivity contribution is 6.11. The van der Waals surface area contributed by atoms with E-state index in [1.807, 2.05) is 7.05 Å². The van der Waals surface area contributed by atoms with Crippen LogP contribution in [0.5, 0.6) is 5.75 Å². The number of alkyl halides is 3. The third-order valence-corrected chi connectivity index (χ3v) is 5.85. The van der Waals surface area contributed by atoms with Gasteiger partial charge in [0.2, 0.25) is 5.96 Å². The molecule has 14 heteroatoms. The van der Waals surface area contributed by atoms with E-state index in [2.05, 4.69) is 31.0 Å². The number of nitrogens with one attached hydrogen (secondary N) is 4. The van der Waals surface area contributed by atoms with Gasteiger partial charge in [0.1, 0.15) is 17.0 Å². The molecule has 5 N–H and O–H groups in total. The molecule has 1 atom stereocenters. The number of phenolic OH excluding ortho intramolecular Hbond substituents is 1. The van der Waals surface area contributed by atoms with Crippen molar-refractivity contribution in [2.45, 2.75) is 58.4 Å². The third kappa shape index (κ3) is 7.78. The van der Waals surface area contributed by atoms with Crippen molar-refractivity contribution in [2.24, 2.45) is 0 Å². The number of hydrogen-bond donors (Lipinski definition) is 5. The van der Waals surface area contributed by atoms with E-state index in [9.17, 15) is 27.9 Å². The van der Waals surface area contributed by atoms with Gasteiger partial charge in [-0.05, 0) is 77.9 Å². The second-order valence-electron chi connectivity index (χ2n) is 10.3. The van der Waals surface area contributed by atoms with Crippen LogP contribution >= 0.6 is 0 Å². The van der Waals surface area contributed by atoms with Crippen molar-refractivity contribution in [3.63, 3.8) is 0 Å². The SMILES string of the molecule is Cc1c(-c2ccc(C(F)(F)F)cc2O)nnc(N[C@@H]2CCCN(C)C2)c1C(=O)NC(=N)NC(=O)OC(C)(C)C. The molecule has 1 aromatic heterocycles. The molecule has 0 aliphatic carbocycles. The fourth-order valence-electron chi connectivity index (χ4n) is 4.15. The Bertz CT molecular complexity index is 1260. The molecule has 1 fully saturated rings. The Labute approximate surface area is 223 Å². The number of aromatic nitrogens is 2. The highest BCUT2D eigenvalue weighted by Crippen LogP contribution is 2.38. The first-order chi connectivity index (χ1) is 18.0. The van der Waals surface area contributed by atoms with Crippen molar-refractivity contribution in [3.05, 3.63) is 34.9 Å². The van der Waals surface area contributed by atoms with Crippen molar-refractivity contribution in [1.29, 1.82) is 5.41 Å². The van der Waals surface area contributed by atoms with E-state index in [0.717, 1.165) is 31.5 Å². The Hall–Kier alpha value is -3.94. The number of benzene rings is 1. The van der Waals surface area contributed by atoms with Gasteiger partial charge in [-0.3, -0.25) is 20.8 Å². The maximum absolute atomic E-state index is 13.4. The molecule has 39 heavy (non-hydrogen) atoms. The van der Waals surface area contributed by atoms with E-state index in [4.69, 9.17) is 10.1 Å². The fourth-order valence-corrected chi connectivity index (χ4v) is 4.15. The molecule has 11 nitrogen and oxygen atoms in total. The van der Waals surface area contributed by atoms with Crippen molar-refractivity contribution in [3.8, 4) is 17.0 Å². The minimum absolute atomic E-state index is 0.0238. The molecule has 1 saturated heterocycles. The molecule has 1 aliphatic rings. The van der Waals surface area contributed by atoms with Gasteiger partial charge in [0.15, 0.2) is 5.82 Å². The normalized spacial score (nSPS) is 16.4. The molecule has 0 saturated carbocycles. The number of carbonyl (C=O) groups excluding carboxylic acids is 2. The van der Waals surface area contributed by atoms with Gasteiger partial charge < -0.3 is 20.1 Å². The van der Waals surface area contributed by atoms with Crippen LogP contribution in [-0.2, 0) is 10.9 Å². The molecule has 0 unspecified atom stereocenters. The van der Waals surface area contributed by atoms with Gasteiger partial charge >= 0.3 is 12.3 Å². The number of anilines is 1. The van der Waals surface area contributed by atoms with Crippen LogP contribution in [0.4, 0.5) is 23.8 Å². The lowest BCUT2D eigenvalue weighted by Gasteiger charge is -2.31. The van der Waals surface area contributed by atoms with Crippen LogP contribution in [0.25, 0.3) is 11.3 Å². The van der Waals surface area contributed by atoms with E-state index in [-0.39, 0.29) is 34.2 Å². The number of aromatic hydroxyl groups is 1. The molecule has 1 aromatic carbocycles. The summed E-state index contributed by atoms with van der Waals surface area (Å²) in [7, 11) is 1.96. The van der Waals surface area contributed by atoms with Crippen molar-refractivity contribution in [1.82, 2.24) is 25.7 Å². The first kappa shape index (κ1) is 29.6. The Morgan fingerprint density at radius 1 is 1.18 bits per heavy atom. The number of halogens is 3. The molecule has 212 valence electrons. The van der Waals surface area contributed by atoms with Gasteiger partial charge in [-0.15, -0.1) is 10.2 Å². The van der Waals surface area contributed by atoms with E-state index in [1.165, 1.54) is 6.92 Å². The molecule has 2 amide bonds. The number of rotatable bonds is 4. The van der Waals surface area contributed by atoms with Gasteiger partial charge in [-0.25, -0.2) is 4.79 Å². The lowest BCUT2D eigenvalue weighted by Crippen LogP contribution is -2.45. The molecular formula is C25H32F3N7O4. The van der Waals surface area contributed by atoms with Crippen LogP contribution < -0.4 is 16.0 Å². The van der Waals surface area contributed by atoms with Crippen LogP contribution in [0.1, 0.15) is 55.1 Å². The molecule has 0 spiro atoms. The predicted molar refractivity (Wildman–Crippen MR) is 138 cm³/mol. The standard InChI is InChI=1S/C25H32F3N7O4/c1-13-18(21(37)31-22(29)32-23(38)39-24(2,3)4)20(30-15-7-6-10-35(5)12-15)34-33-19(13)16-9-8-14(11-17(16)36)25(26,27)28/h8-9,11,15,36H,6-7,10,12H2,1-5H3,(H,30,34)(H3,29,31,32,37,38)/t15-/m1/s1. The molecule has 3 rings (SSSR count). The third-order valence-electron chi connectivity index (χ3n) is 5.85. The largest absolute Gasteiger partial charge is 0.507 e. The molecule has 0 bridgehead atoms. The monoisotopic (exact) mass is 551 g/mol. The van der Waals surface area contributed by atoms with Crippen LogP contribution in [0.2, 0.25) is 0 Å². The van der Waals surface area contributed by atoms with Gasteiger partial charge in [0.05, 0.1) is 11.1 Å². The smallest absolute Gasteiger partial charge is 0.416 e. The number of piperidine rings is 1. The quantitative estimate of drug-likeness (QED) is 0.284.